The molecule has 0 unspecified atom stereocenters. The van der Waals surface area contributed by atoms with Crippen molar-refractivity contribution in [2.45, 2.75) is 45.3 Å². The minimum Gasteiger partial charge on any atom is -0.337 e. The maximum atomic E-state index is 12.0. The van der Waals surface area contributed by atoms with E-state index in [1.165, 1.54) is 0 Å². The minimum absolute atomic E-state index is 0.0584. The van der Waals surface area contributed by atoms with Crippen LogP contribution in [0.2, 0.25) is 0 Å². The zero-order valence-electron chi connectivity index (χ0n) is 11.4. The van der Waals surface area contributed by atoms with Crippen molar-refractivity contribution >= 4 is 11.9 Å². The van der Waals surface area contributed by atoms with Crippen molar-refractivity contribution in [1.82, 2.24) is 20.4 Å². The molecule has 104 valence electrons. The van der Waals surface area contributed by atoms with E-state index in [0.717, 1.165) is 4.90 Å². The van der Waals surface area contributed by atoms with Gasteiger partial charge in [0.05, 0.1) is 5.54 Å². The number of nitrogens with zero attached hydrogens (tertiary/aromatic N) is 3. The van der Waals surface area contributed by atoms with Crippen molar-refractivity contribution in [3.8, 4) is 0 Å². The molecule has 1 aromatic heterocycles. The van der Waals surface area contributed by atoms with Crippen LogP contribution in [-0.2, 0) is 16.9 Å². The summed E-state index contributed by atoms with van der Waals surface area (Å²) in [5, 5.41) is 6.31. The molecular formula is C11H17N5O3. The van der Waals surface area contributed by atoms with Crippen molar-refractivity contribution in [2.24, 2.45) is 5.73 Å². The lowest BCUT2D eigenvalue weighted by atomic mass is 10.1. The number of urea groups is 1. The van der Waals surface area contributed by atoms with Crippen LogP contribution in [0.15, 0.2) is 4.52 Å². The summed E-state index contributed by atoms with van der Waals surface area (Å²) in [4.78, 5) is 28.8. The number of amides is 3. The summed E-state index contributed by atoms with van der Waals surface area (Å²) in [6, 6.07) is -0.471. The molecule has 0 saturated carbocycles. The molecule has 0 spiro atoms. The first-order valence-corrected chi connectivity index (χ1v) is 5.87. The van der Waals surface area contributed by atoms with Crippen LogP contribution in [0, 0.1) is 0 Å². The van der Waals surface area contributed by atoms with E-state index >= 15 is 0 Å². The number of imide groups is 1. The Bertz CT molecular complexity index is 529. The number of nitrogens with one attached hydrogen (secondary N) is 1. The minimum atomic E-state index is -0.910. The third-order valence-corrected chi connectivity index (χ3v) is 2.78. The highest BCUT2D eigenvalue weighted by Gasteiger charge is 2.44. The Labute approximate surface area is 110 Å². The van der Waals surface area contributed by atoms with Crippen molar-refractivity contribution in [1.29, 1.82) is 0 Å². The number of aromatic nitrogens is 2. The summed E-state index contributed by atoms with van der Waals surface area (Å²) in [6.45, 7) is 6.68. The van der Waals surface area contributed by atoms with Gasteiger partial charge in [-0.3, -0.25) is 9.69 Å². The van der Waals surface area contributed by atoms with E-state index < -0.39 is 17.1 Å². The second-order valence-corrected chi connectivity index (χ2v) is 5.68. The number of nitrogens with two attached hydrogens (primary N) is 1. The van der Waals surface area contributed by atoms with Crippen molar-refractivity contribution in [3.63, 3.8) is 0 Å². The van der Waals surface area contributed by atoms with Crippen LogP contribution >= 0.6 is 0 Å². The van der Waals surface area contributed by atoms with Gasteiger partial charge < -0.3 is 15.6 Å². The molecule has 0 aliphatic carbocycles. The van der Waals surface area contributed by atoms with Crippen molar-refractivity contribution in [3.05, 3.63) is 11.7 Å². The van der Waals surface area contributed by atoms with E-state index in [1.54, 1.807) is 27.7 Å². The fourth-order valence-electron chi connectivity index (χ4n) is 1.68. The van der Waals surface area contributed by atoms with Crippen molar-refractivity contribution in [2.75, 3.05) is 0 Å². The van der Waals surface area contributed by atoms with Crippen LogP contribution in [0.5, 0.6) is 0 Å². The third-order valence-electron chi connectivity index (χ3n) is 2.78. The first kappa shape index (κ1) is 13.5. The summed E-state index contributed by atoms with van der Waals surface area (Å²) in [7, 11) is 0. The first-order valence-electron chi connectivity index (χ1n) is 5.87. The second kappa shape index (κ2) is 4.02. The van der Waals surface area contributed by atoms with Gasteiger partial charge in [-0.15, -0.1) is 0 Å². The van der Waals surface area contributed by atoms with Crippen molar-refractivity contribution < 1.29 is 14.1 Å². The average molecular weight is 267 g/mol. The van der Waals surface area contributed by atoms with Gasteiger partial charge in [-0.1, -0.05) is 5.16 Å². The Hall–Kier alpha value is -1.96. The fourth-order valence-corrected chi connectivity index (χ4v) is 1.68. The van der Waals surface area contributed by atoms with E-state index in [4.69, 9.17) is 10.3 Å². The highest BCUT2D eigenvalue weighted by atomic mass is 16.5. The summed E-state index contributed by atoms with van der Waals surface area (Å²) >= 11 is 0. The predicted molar refractivity (Wildman–Crippen MR) is 64.7 cm³/mol. The Kier molecular flexibility index (Phi) is 2.85. The number of hydrogen-bond donors (Lipinski definition) is 2. The quantitative estimate of drug-likeness (QED) is 0.750. The van der Waals surface area contributed by atoms with Gasteiger partial charge in [-0.05, 0) is 27.7 Å². The van der Waals surface area contributed by atoms with Crippen LogP contribution in [0.3, 0.4) is 0 Å². The molecule has 1 aliphatic heterocycles. The highest BCUT2D eigenvalue weighted by molar-refractivity contribution is 6.06. The van der Waals surface area contributed by atoms with E-state index in [0.29, 0.717) is 5.82 Å². The smallest absolute Gasteiger partial charge is 0.325 e. The maximum Gasteiger partial charge on any atom is 0.325 e. The molecule has 0 aromatic carbocycles. The van der Waals surface area contributed by atoms with Crippen LogP contribution in [0.25, 0.3) is 0 Å². The third kappa shape index (κ3) is 2.43. The Morgan fingerprint density at radius 2 is 2.05 bits per heavy atom. The SMILES string of the molecule is CC1(C)NC(=O)N(Cc2nc(C(C)(C)N)no2)C1=O. The molecule has 8 heteroatoms. The van der Waals surface area contributed by atoms with Crippen LogP contribution < -0.4 is 11.1 Å². The zero-order chi connectivity index (χ0) is 14.4. The maximum absolute atomic E-state index is 12.0. The predicted octanol–water partition coefficient (Wildman–Crippen LogP) is 0.0938. The topological polar surface area (TPSA) is 114 Å². The average Bonchev–Trinajstić information content (AvgIpc) is 2.77. The number of carbonyl (C=O) groups is 2. The zero-order valence-corrected chi connectivity index (χ0v) is 11.4. The van der Waals surface area contributed by atoms with Gasteiger partial charge in [0.25, 0.3) is 5.91 Å². The molecule has 2 heterocycles. The van der Waals surface area contributed by atoms with E-state index in [-0.39, 0.29) is 18.3 Å². The molecule has 0 bridgehead atoms. The van der Waals surface area contributed by atoms with E-state index in [2.05, 4.69) is 15.5 Å². The van der Waals surface area contributed by atoms with Gasteiger partial charge in [0.1, 0.15) is 12.1 Å². The van der Waals surface area contributed by atoms with Gasteiger partial charge in [-0.2, -0.15) is 4.98 Å². The fraction of sp³-hybridized carbons (Fsp3) is 0.636. The van der Waals surface area contributed by atoms with Gasteiger partial charge >= 0.3 is 6.03 Å². The molecule has 0 atom stereocenters. The van der Waals surface area contributed by atoms with Gasteiger partial charge in [0, 0.05) is 0 Å². The lowest BCUT2D eigenvalue weighted by Gasteiger charge is -2.14. The van der Waals surface area contributed by atoms with E-state index in [9.17, 15) is 9.59 Å². The highest BCUT2D eigenvalue weighted by Crippen LogP contribution is 2.19. The summed E-state index contributed by atoms with van der Waals surface area (Å²) in [6.07, 6.45) is 0. The number of rotatable bonds is 3. The van der Waals surface area contributed by atoms with E-state index in [1.807, 2.05) is 0 Å². The largest absolute Gasteiger partial charge is 0.337 e. The molecule has 3 N–H and O–H groups in total. The summed E-state index contributed by atoms with van der Waals surface area (Å²) in [5.41, 5.74) is 4.18. The van der Waals surface area contributed by atoms with Gasteiger partial charge in [0.2, 0.25) is 5.89 Å². The second-order valence-electron chi connectivity index (χ2n) is 5.68. The first-order chi connectivity index (χ1) is 8.61. The molecule has 8 nitrogen and oxygen atoms in total. The summed E-state index contributed by atoms with van der Waals surface area (Å²) in [5.74, 6) is 0.174. The molecule has 1 saturated heterocycles. The Morgan fingerprint density at radius 1 is 1.42 bits per heavy atom. The lowest BCUT2D eigenvalue weighted by Crippen LogP contribution is -2.40. The Balaban J connectivity index is 2.16. The molecule has 1 aromatic rings. The molecule has 19 heavy (non-hydrogen) atoms. The molecule has 2 rings (SSSR count). The molecule has 3 amide bonds. The monoisotopic (exact) mass is 267 g/mol. The van der Waals surface area contributed by atoms with Crippen LogP contribution in [-0.4, -0.2) is 32.5 Å². The molecular weight excluding hydrogens is 250 g/mol. The summed E-state index contributed by atoms with van der Waals surface area (Å²) < 4.78 is 5.00. The van der Waals surface area contributed by atoms with Crippen LogP contribution in [0.4, 0.5) is 4.79 Å². The number of hydrogen-bond acceptors (Lipinski definition) is 6. The molecule has 1 fully saturated rings. The van der Waals surface area contributed by atoms with Gasteiger partial charge in [0.15, 0.2) is 5.82 Å². The normalized spacial score (nSPS) is 18.9. The standard InChI is InChI=1S/C11H17N5O3/c1-10(2,12)7-13-6(19-15-7)5-16-8(17)11(3,4)14-9(16)18/h5,12H2,1-4H3,(H,14,18). The number of carbonyl (C=O) groups excluding carboxylic acids is 2. The molecule has 1 aliphatic rings. The molecule has 0 radical (unpaired) electrons. The van der Waals surface area contributed by atoms with Gasteiger partial charge in [-0.25, -0.2) is 4.79 Å². The van der Waals surface area contributed by atoms with Crippen LogP contribution in [0.1, 0.15) is 39.4 Å². The Morgan fingerprint density at radius 3 is 2.47 bits per heavy atom. The lowest BCUT2D eigenvalue weighted by molar-refractivity contribution is -0.130.